The third kappa shape index (κ3) is 3.84. The Bertz CT molecular complexity index is 513. The Morgan fingerprint density at radius 3 is 2.29 bits per heavy atom. The molecule has 21 heavy (non-hydrogen) atoms. The quantitative estimate of drug-likeness (QED) is 0.925. The summed E-state index contributed by atoms with van der Waals surface area (Å²) in [4.78, 5) is 25.8. The average molecular weight is 288 g/mol. The largest absolute Gasteiger partial charge is 0.331 e. The van der Waals surface area contributed by atoms with Gasteiger partial charge in [0.15, 0.2) is 0 Å². The van der Waals surface area contributed by atoms with Crippen molar-refractivity contribution >= 4 is 17.5 Å². The second kappa shape index (κ2) is 6.74. The molecular formula is C17H24N2O2. The summed E-state index contributed by atoms with van der Waals surface area (Å²) in [6.07, 6.45) is 4.31. The van der Waals surface area contributed by atoms with E-state index < -0.39 is 0 Å². The lowest BCUT2D eigenvalue weighted by Crippen LogP contribution is -2.42. The number of anilines is 1. The van der Waals surface area contributed by atoms with Crippen LogP contribution in [0.25, 0.3) is 0 Å². The van der Waals surface area contributed by atoms with Gasteiger partial charge in [0.1, 0.15) is 6.54 Å². The second-order valence-electron chi connectivity index (χ2n) is 5.90. The zero-order chi connectivity index (χ0) is 15.4. The Kier molecular flexibility index (Phi) is 4.99. The van der Waals surface area contributed by atoms with Crippen LogP contribution in [0.4, 0.5) is 5.69 Å². The number of nitrogens with zero attached hydrogens (tertiary/aromatic N) is 1. The van der Waals surface area contributed by atoms with Gasteiger partial charge in [-0.1, -0.05) is 31.0 Å². The number of nitrogens with one attached hydrogen (secondary N) is 1. The highest BCUT2D eigenvalue weighted by Gasteiger charge is 2.26. The van der Waals surface area contributed by atoms with Crippen LogP contribution < -0.4 is 5.32 Å². The topological polar surface area (TPSA) is 49.4 Å². The van der Waals surface area contributed by atoms with E-state index in [2.05, 4.69) is 5.32 Å². The molecule has 0 heterocycles. The van der Waals surface area contributed by atoms with Gasteiger partial charge in [0.25, 0.3) is 0 Å². The summed E-state index contributed by atoms with van der Waals surface area (Å²) in [5.74, 6) is -0.131. The highest BCUT2D eigenvalue weighted by molar-refractivity contribution is 5.95. The first-order valence-corrected chi connectivity index (χ1v) is 7.62. The molecule has 0 spiro atoms. The lowest BCUT2D eigenvalue weighted by Gasteiger charge is -2.27. The Balaban J connectivity index is 2.04. The highest BCUT2D eigenvalue weighted by atomic mass is 16.2. The van der Waals surface area contributed by atoms with Gasteiger partial charge in [0.05, 0.1) is 0 Å². The smallest absolute Gasteiger partial charge is 0.244 e. The van der Waals surface area contributed by atoms with Crippen molar-refractivity contribution in [1.29, 1.82) is 0 Å². The van der Waals surface area contributed by atoms with E-state index in [4.69, 9.17) is 0 Å². The lowest BCUT2D eigenvalue weighted by atomic mass is 10.1. The van der Waals surface area contributed by atoms with Gasteiger partial charge < -0.3 is 10.2 Å². The molecule has 0 unspecified atom stereocenters. The third-order valence-corrected chi connectivity index (χ3v) is 4.23. The standard InChI is InChI=1S/C17H24N2O2/c1-12-7-6-8-13(2)17(12)18-16(21)11-19(14(3)20)15-9-4-5-10-15/h6-8,15H,4-5,9-11H2,1-3H3,(H,18,21). The van der Waals surface area contributed by atoms with Gasteiger partial charge in [0, 0.05) is 18.7 Å². The van der Waals surface area contributed by atoms with Crippen LogP contribution in [0.3, 0.4) is 0 Å². The van der Waals surface area contributed by atoms with Crippen molar-refractivity contribution in [2.24, 2.45) is 0 Å². The van der Waals surface area contributed by atoms with Crippen LogP contribution in [-0.2, 0) is 9.59 Å². The van der Waals surface area contributed by atoms with Crippen molar-refractivity contribution in [2.75, 3.05) is 11.9 Å². The van der Waals surface area contributed by atoms with Crippen molar-refractivity contribution in [3.63, 3.8) is 0 Å². The second-order valence-corrected chi connectivity index (χ2v) is 5.90. The van der Waals surface area contributed by atoms with E-state index in [9.17, 15) is 9.59 Å². The van der Waals surface area contributed by atoms with Crippen LogP contribution in [0.15, 0.2) is 18.2 Å². The maximum Gasteiger partial charge on any atom is 0.244 e. The van der Waals surface area contributed by atoms with Crippen molar-refractivity contribution < 1.29 is 9.59 Å². The molecule has 1 saturated carbocycles. The van der Waals surface area contributed by atoms with E-state index in [0.717, 1.165) is 42.5 Å². The Morgan fingerprint density at radius 1 is 1.19 bits per heavy atom. The Morgan fingerprint density at radius 2 is 1.76 bits per heavy atom. The summed E-state index contributed by atoms with van der Waals surface area (Å²) < 4.78 is 0. The van der Waals surface area contributed by atoms with Crippen molar-refractivity contribution in [3.05, 3.63) is 29.3 Å². The van der Waals surface area contributed by atoms with Gasteiger partial charge in [0.2, 0.25) is 11.8 Å². The summed E-state index contributed by atoms with van der Waals surface area (Å²) in [6, 6.07) is 6.15. The van der Waals surface area contributed by atoms with Gasteiger partial charge in [-0.15, -0.1) is 0 Å². The number of carbonyl (C=O) groups excluding carboxylic acids is 2. The lowest BCUT2D eigenvalue weighted by molar-refractivity contribution is -0.135. The molecule has 0 aliphatic heterocycles. The normalized spacial score (nSPS) is 15.0. The van der Waals surface area contributed by atoms with Crippen LogP contribution in [0.1, 0.15) is 43.7 Å². The van der Waals surface area contributed by atoms with Crippen LogP contribution >= 0.6 is 0 Å². The average Bonchev–Trinajstić information content (AvgIpc) is 2.94. The molecule has 114 valence electrons. The van der Waals surface area contributed by atoms with Gasteiger partial charge in [-0.05, 0) is 37.8 Å². The maximum atomic E-state index is 12.3. The minimum absolute atomic E-state index is 0.0152. The molecule has 1 aliphatic carbocycles. The summed E-state index contributed by atoms with van der Waals surface area (Å²) in [5, 5.41) is 2.95. The molecule has 0 radical (unpaired) electrons. The molecule has 1 fully saturated rings. The summed E-state index contributed by atoms with van der Waals surface area (Å²) in [5.41, 5.74) is 2.94. The fourth-order valence-electron chi connectivity index (χ4n) is 3.06. The van der Waals surface area contributed by atoms with E-state index >= 15 is 0 Å². The number of amides is 2. The fourth-order valence-corrected chi connectivity index (χ4v) is 3.06. The van der Waals surface area contributed by atoms with E-state index in [-0.39, 0.29) is 24.4 Å². The number of para-hydroxylation sites is 1. The predicted octanol–water partition coefficient (Wildman–Crippen LogP) is 3.03. The fraction of sp³-hybridized carbons (Fsp3) is 0.529. The molecule has 1 aromatic carbocycles. The molecule has 4 nitrogen and oxygen atoms in total. The number of benzene rings is 1. The monoisotopic (exact) mass is 288 g/mol. The molecule has 2 rings (SSSR count). The number of aryl methyl sites for hydroxylation is 2. The van der Waals surface area contributed by atoms with Gasteiger partial charge >= 0.3 is 0 Å². The molecule has 1 N–H and O–H groups in total. The van der Waals surface area contributed by atoms with Crippen molar-refractivity contribution in [1.82, 2.24) is 4.90 Å². The maximum absolute atomic E-state index is 12.3. The summed E-state index contributed by atoms with van der Waals surface area (Å²) in [7, 11) is 0. The molecule has 0 saturated heterocycles. The molecule has 2 amide bonds. The molecule has 0 aromatic heterocycles. The van der Waals surface area contributed by atoms with Crippen molar-refractivity contribution in [3.8, 4) is 0 Å². The van der Waals surface area contributed by atoms with Crippen LogP contribution in [0, 0.1) is 13.8 Å². The molecule has 4 heteroatoms. The molecule has 0 atom stereocenters. The first kappa shape index (κ1) is 15.5. The predicted molar refractivity (Wildman–Crippen MR) is 84.2 cm³/mol. The van der Waals surface area contributed by atoms with Crippen LogP contribution in [0.5, 0.6) is 0 Å². The summed E-state index contributed by atoms with van der Waals surface area (Å²) >= 11 is 0. The van der Waals surface area contributed by atoms with Crippen molar-refractivity contribution in [2.45, 2.75) is 52.5 Å². The van der Waals surface area contributed by atoms with E-state index in [1.165, 1.54) is 0 Å². The van der Waals surface area contributed by atoms with Gasteiger partial charge in [-0.25, -0.2) is 0 Å². The number of hydrogen-bond acceptors (Lipinski definition) is 2. The number of rotatable bonds is 4. The first-order valence-electron chi connectivity index (χ1n) is 7.62. The Hall–Kier alpha value is -1.84. The molecular weight excluding hydrogens is 264 g/mol. The van der Waals surface area contributed by atoms with E-state index in [1.807, 2.05) is 32.0 Å². The minimum Gasteiger partial charge on any atom is -0.331 e. The third-order valence-electron chi connectivity index (χ3n) is 4.23. The Labute approximate surface area is 126 Å². The SMILES string of the molecule is CC(=O)N(CC(=O)Nc1c(C)cccc1C)C1CCCC1. The number of hydrogen-bond donors (Lipinski definition) is 1. The van der Waals surface area contributed by atoms with Gasteiger partial charge in [-0.2, -0.15) is 0 Å². The molecule has 0 bridgehead atoms. The summed E-state index contributed by atoms with van der Waals surface area (Å²) in [6.45, 7) is 5.64. The van der Waals surface area contributed by atoms with Crippen LogP contribution in [-0.4, -0.2) is 29.3 Å². The molecule has 1 aliphatic rings. The van der Waals surface area contributed by atoms with Gasteiger partial charge in [-0.3, -0.25) is 9.59 Å². The molecule has 1 aromatic rings. The number of carbonyl (C=O) groups is 2. The highest BCUT2D eigenvalue weighted by Crippen LogP contribution is 2.24. The van der Waals surface area contributed by atoms with E-state index in [0.29, 0.717) is 0 Å². The zero-order valence-corrected chi connectivity index (χ0v) is 13.1. The first-order chi connectivity index (χ1) is 9.99. The van der Waals surface area contributed by atoms with Crippen LogP contribution in [0.2, 0.25) is 0 Å². The minimum atomic E-state index is -0.116. The van der Waals surface area contributed by atoms with E-state index in [1.54, 1.807) is 11.8 Å². The zero-order valence-electron chi connectivity index (χ0n) is 13.1.